The maximum Gasteiger partial charge on any atom is 0.236 e. The first-order valence-corrected chi connectivity index (χ1v) is 6.88. The lowest BCUT2D eigenvalue weighted by molar-refractivity contribution is 0.162. The van der Waals surface area contributed by atoms with Crippen LogP contribution in [0.3, 0.4) is 0 Å². The van der Waals surface area contributed by atoms with E-state index in [1.165, 1.54) is 0 Å². The molecule has 0 radical (unpaired) electrons. The van der Waals surface area contributed by atoms with E-state index in [9.17, 15) is 5.11 Å². The molecule has 4 nitrogen and oxygen atoms in total. The fourth-order valence-corrected chi connectivity index (χ4v) is 2.31. The predicted molar refractivity (Wildman–Crippen MR) is 72.4 cm³/mol. The van der Waals surface area contributed by atoms with Crippen LogP contribution in [0.15, 0.2) is 28.2 Å². The molecule has 5 heteroatoms. The number of aliphatic hydroxyl groups excluding tert-OH is 1. The monoisotopic (exact) mass is 266 g/mol. The third kappa shape index (κ3) is 3.66. The van der Waals surface area contributed by atoms with Gasteiger partial charge in [0.1, 0.15) is 6.26 Å². The first-order valence-electron chi connectivity index (χ1n) is 6.00. The second-order valence-electron chi connectivity index (χ2n) is 4.50. The lowest BCUT2D eigenvalue weighted by Gasteiger charge is -2.15. The van der Waals surface area contributed by atoms with E-state index in [1.807, 2.05) is 24.6 Å². The number of aromatic nitrogens is 1. The van der Waals surface area contributed by atoms with E-state index >= 15 is 0 Å². The van der Waals surface area contributed by atoms with Crippen molar-refractivity contribution in [3.05, 3.63) is 29.5 Å². The maximum absolute atomic E-state index is 9.24. The van der Waals surface area contributed by atoms with Crippen LogP contribution < -0.4 is 0 Å². The molecule has 2 aromatic rings. The Morgan fingerprint density at radius 3 is 3.06 bits per heavy atom. The lowest BCUT2D eigenvalue weighted by Crippen LogP contribution is -2.22. The van der Waals surface area contributed by atoms with Crippen LogP contribution >= 0.6 is 11.3 Å². The van der Waals surface area contributed by atoms with Crippen LogP contribution in [-0.4, -0.2) is 34.7 Å². The molecule has 1 N–H and O–H groups in total. The van der Waals surface area contributed by atoms with E-state index in [0.29, 0.717) is 5.89 Å². The summed E-state index contributed by atoms with van der Waals surface area (Å²) in [6, 6.07) is 3.98. The van der Waals surface area contributed by atoms with Crippen LogP contribution in [0, 0.1) is 0 Å². The molecule has 98 valence electrons. The minimum atomic E-state index is -0.258. The SMILES string of the molecule is CC(O)CCN(C)Cc1coc(-c2cccs2)n1. The molecule has 0 spiro atoms. The largest absolute Gasteiger partial charge is 0.444 e. The van der Waals surface area contributed by atoms with Gasteiger partial charge in [0.2, 0.25) is 5.89 Å². The van der Waals surface area contributed by atoms with Gasteiger partial charge < -0.3 is 14.4 Å². The molecule has 0 aliphatic carbocycles. The van der Waals surface area contributed by atoms with Crippen LogP contribution in [0.5, 0.6) is 0 Å². The van der Waals surface area contributed by atoms with E-state index in [2.05, 4.69) is 9.88 Å². The quantitative estimate of drug-likeness (QED) is 0.873. The summed E-state index contributed by atoms with van der Waals surface area (Å²) in [5, 5.41) is 11.2. The Hall–Kier alpha value is -1.17. The van der Waals surface area contributed by atoms with Gasteiger partial charge in [0, 0.05) is 13.1 Å². The molecule has 2 aromatic heterocycles. The fourth-order valence-electron chi connectivity index (χ4n) is 1.66. The van der Waals surface area contributed by atoms with E-state index in [4.69, 9.17) is 4.42 Å². The Balaban J connectivity index is 1.90. The molecule has 1 unspecified atom stereocenters. The summed E-state index contributed by atoms with van der Waals surface area (Å²) < 4.78 is 5.46. The second kappa shape index (κ2) is 6.13. The van der Waals surface area contributed by atoms with Crippen molar-refractivity contribution in [2.45, 2.75) is 26.0 Å². The van der Waals surface area contributed by atoms with Crippen molar-refractivity contribution in [1.82, 2.24) is 9.88 Å². The second-order valence-corrected chi connectivity index (χ2v) is 5.44. The van der Waals surface area contributed by atoms with Gasteiger partial charge in [-0.15, -0.1) is 11.3 Å². The number of hydrogen-bond donors (Lipinski definition) is 1. The van der Waals surface area contributed by atoms with Gasteiger partial charge in [-0.25, -0.2) is 4.98 Å². The van der Waals surface area contributed by atoms with Gasteiger partial charge >= 0.3 is 0 Å². The van der Waals surface area contributed by atoms with E-state index in [0.717, 1.165) is 30.1 Å². The summed E-state index contributed by atoms with van der Waals surface area (Å²) in [6.07, 6.45) is 2.21. The van der Waals surface area contributed by atoms with Gasteiger partial charge in [-0.1, -0.05) is 6.07 Å². The number of rotatable bonds is 6. The van der Waals surface area contributed by atoms with Crippen molar-refractivity contribution in [1.29, 1.82) is 0 Å². The highest BCUT2D eigenvalue weighted by Gasteiger charge is 2.09. The molecule has 0 aromatic carbocycles. The number of oxazole rings is 1. The fraction of sp³-hybridized carbons (Fsp3) is 0.462. The Kier molecular flexibility index (Phi) is 4.52. The molecule has 0 saturated heterocycles. The first-order chi connectivity index (χ1) is 8.65. The minimum Gasteiger partial charge on any atom is -0.444 e. The van der Waals surface area contributed by atoms with Crippen molar-refractivity contribution in [2.24, 2.45) is 0 Å². The van der Waals surface area contributed by atoms with Gasteiger partial charge in [-0.3, -0.25) is 0 Å². The van der Waals surface area contributed by atoms with Gasteiger partial charge in [0.15, 0.2) is 0 Å². The number of aliphatic hydroxyl groups is 1. The van der Waals surface area contributed by atoms with E-state index < -0.39 is 0 Å². The zero-order valence-corrected chi connectivity index (χ0v) is 11.5. The smallest absolute Gasteiger partial charge is 0.236 e. The molecule has 18 heavy (non-hydrogen) atoms. The average Bonchev–Trinajstić information content (AvgIpc) is 2.95. The summed E-state index contributed by atoms with van der Waals surface area (Å²) in [6.45, 7) is 3.39. The molecule has 0 bridgehead atoms. The Labute approximate surface area is 111 Å². The normalized spacial score (nSPS) is 13.1. The topological polar surface area (TPSA) is 49.5 Å². The van der Waals surface area contributed by atoms with Crippen LogP contribution in [-0.2, 0) is 6.54 Å². The van der Waals surface area contributed by atoms with Gasteiger partial charge in [0.25, 0.3) is 0 Å². The Morgan fingerprint density at radius 2 is 2.39 bits per heavy atom. The molecule has 0 fully saturated rings. The number of thiophene rings is 1. The molecule has 0 aliphatic rings. The van der Waals surface area contributed by atoms with Crippen LogP contribution in [0.2, 0.25) is 0 Å². The Bertz CT molecular complexity index is 465. The van der Waals surface area contributed by atoms with Crippen molar-refractivity contribution in [3.8, 4) is 10.8 Å². The van der Waals surface area contributed by atoms with E-state index in [1.54, 1.807) is 24.5 Å². The molecule has 0 saturated carbocycles. The summed E-state index contributed by atoms with van der Waals surface area (Å²) >= 11 is 1.62. The van der Waals surface area contributed by atoms with Crippen LogP contribution in [0.25, 0.3) is 10.8 Å². The minimum absolute atomic E-state index is 0.258. The third-order valence-corrected chi connectivity index (χ3v) is 3.50. The number of hydrogen-bond acceptors (Lipinski definition) is 5. The van der Waals surface area contributed by atoms with Crippen molar-refractivity contribution in [3.63, 3.8) is 0 Å². The highest BCUT2D eigenvalue weighted by Crippen LogP contribution is 2.23. The predicted octanol–water partition coefficient (Wildman–Crippen LogP) is 2.61. The van der Waals surface area contributed by atoms with Gasteiger partial charge in [-0.2, -0.15) is 0 Å². The molecular formula is C13H18N2O2S. The molecule has 1 atom stereocenters. The van der Waals surface area contributed by atoms with Crippen LogP contribution in [0.4, 0.5) is 0 Å². The Morgan fingerprint density at radius 1 is 1.56 bits per heavy atom. The van der Waals surface area contributed by atoms with Crippen LogP contribution in [0.1, 0.15) is 19.0 Å². The van der Waals surface area contributed by atoms with Gasteiger partial charge in [-0.05, 0) is 31.8 Å². The average molecular weight is 266 g/mol. The third-order valence-electron chi connectivity index (χ3n) is 2.64. The summed E-state index contributed by atoms with van der Waals surface area (Å²) in [4.78, 5) is 7.64. The summed E-state index contributed by atoms with van der Waals surface area (Å²) in [5.74, 6) is 0.684. The zero-order valence-electron chi connectivity index (χ0n) is 10.7. The maximum atomic E-state index is 9.24. The highest BCUT2D eigenvalue weighted by molar-refractivity contribution is 7.13. The van der Waals surface area contributed by atoms with Crippen molar-refractivity contribution in [2.75, 3.05) is 13.6 Å². The van der Waals surface area contributed by atoms with E-state index in [-0.39, 0.29) is 6.10 Å². The molecule has 2 rings (SSSR count). The summed E-state index contributed by atoms with van der Waals surface area (Å²) in [7, 11) is 2.02. The van der Waals surface area contributed by atoms with Crippen molar-refractivity contribution < 1.29 is 9.52 Å². The first kappa shape index (κ1) is 13.3. The van der Waals surface area contributed by atoms with Gasteiger partial charge in [0.05, 0.1) is 16.7 Å². The molecular weight excluding hydrogens is 248 g/mol. The van der Waals surface area contributed by atoms with Crippen molar-refractivity contribution >= 4 is 11.3 Å². The standard InChI is InChI=1S/C13H18N2O2S/c1-10(16)5-6-15(2)8-11-9-17-13(14-11)12-4-3-7-18-12/h3-4,7,9-10,16H,5-6,8H2,1-2H3. The molecule has 2 heterocycles. The highest BCUT2D eigenvalue weighted by atomic mass is 32.1. The summed E-state index contributed by atoms with van der Waals surface area (Å²) in [5.41, 5.74) is 0.923. The molecule has 0 aliphatic heterocycles. The lowest BCUT2D eigenvalue weighted by atomic mass is 10.3. The molecule has 0 amide bonds. The zero-order chi connectivity index (χ0) is 13.0. The number of nitrogens with zero attached hydrogens (tertiary/aromatic N) is 2.